The van der Waals surface area contributed by atoms with E-state index in [1.807, 2.05) is 0 Å². The molecule has 0 aliphatic carbocycles. The van der Waals surface area contributed by atoms with Crippen LogP contribution in [0.5, 0.6) is 11.5 Å². The SMILES string of the molecule is CCCCCCCCCCCCCCCN(C)C1CCOCCC(N(C)CCCCCCCCCCCCCCC)Oc2ccccc2O1. The Bertz CT molecular complexity index is 784. The third kappa shape index (κ3) is 23.0. The molecule has 0 saturated heterocycles. The summed E-state index contributed by atoms with van der Waals surface area (Å²) in [6.07, 6.45) is 37.7. The Hall–Kier alpha value is -1.30. The van der Waals surface area contributed by atoms with Crippen LogP contribution in [0.1, 0.15) is 194 Å². The molecule has 0 fully saturated rings. The number of hydrogen-bond acceptors (Lipinski definition) is 5. The van der Waals surface area contributed by atoms with Gasteiger partial charge in [0.1, 0.15) is 0 Å². The second-order valence-electron chi connectivity index (χ2n) is 15.2. The van der Waals surface area contributed by atoms with Gasteiger partial charge in [-0.3, -0.25) is 9.80 Å². The lowest BCUT2D eigenvalue weighted by atomic mass is 10.0. The maximum Gasteiger partial charge on any atom is 0.163 e. The maximum atomic E-state index is 6.67. The van der Waals surface area contributed by atoms with Gasteiger partial charge in [0, 0.05) is 25.9 Å². The first kappa shape index (κ1) is 43.9. The minimum Gasteiger partial charge on any atom is -0.471 e. The van der Waals surface area contributed by atoms with E-state index in [-0.39, 0.29) is 12.5 Å². The predicted molar refractivity (Wildman–Crippen MR) is 212 cm³/mol. The number of unbranched alkanes of at least 4 members (excludes halogenated alkanes) is 24. The van der Waals surface area contributed by atoms with Crippen molar-refractivity contribution in [2.45, 2.75) is 206 Å². The van der Waals surface area contributed by atoms with Crippen LogP contribution in [-0.4, -0.2) is 62.7 Å². The lowest BCUT2D eigenvalue weighted by Crippen LogP contribution is -2.38. The molecule has 2 atom stereocenters. The van der Waals surface area contributed by atoms with Crippen LogP contribution in [0, 0.1) is 0 Å². The molecule has 0 saturated carbocycles. The van der Waals surface area contributed by atoms with Crippen molar-refractivity contribution in [3.05, 3.63) is 24.3 Å². The zero-order valence-electron chi connectivity index (χ0n) is 33.2. The van der Waals surface area contributed by atoms with Crippen LogP contribution >= 0.6 is 0 Å². The minimum atomic E-state index is -0.0119. The Morgan fingerprint density at radius 3 is 1.04 bits per heavy atom. The van der Waals surface area contributed by atoms with Gasteiger partial charge in [0.2, 0.25) is 0 Å². The smallest absolute Gasteiger partial charge is 0.163 e. The summed E-state index contributed by atoms with van der Waals surface area (Å²) in [4.78, 5) is 4.77. The average Bonchev–Trinajstić information content (AvgIpc) is 3.15. The number of rotatable bonds is 30. The van der Waals surface area contributed by atoms with Crippen molar-refractivity contribution in [3.63, 3.8) is 0 Å². The zero-order valence-corrected chi connectivity index (χ0v) is 33.2. The number of hydrogen-bond donors (Lipinski definition) is 0. The molecule has 1 aliphatic heterocycles. The molecular weight excluding hydrogens is 604 g/mol. The summed E-state index contributed by atoms with van der Waals surface area (Å²) in [5.74, 6) is 1.71. The first-order valence-corrected chi connectivity index (χ1v) is 21.6. The molecule has 0 amide bonds. The molecule has 0 aromatic heterocycles. The molecular formula is C44H82N2O3. The van der Waals surface area contributed by atoms with Gasteiger partial charge < -0.3 is 14.2 Å². The maximum absolute atomic E-state index is 6.67. The van der Waals surface area contributed by atoms with E-state index in [4.69, 9.17) is 14.2 Å². The predicted octanol–water partition coefficient (Wildman–Crippen LogP) is 13.0. The monoisotopic (exact) mass is 687 g/mol. The highest BCUT2D eigenvalue weighted by atomic mass is 16.6. The first-order chi connectivity index (χ1) is 24.2. The molecule has 1 aromatic carbocycles. The van der Waals surface area contributed by atoms with Crippen LogP contribution in [-0.2, 0) is 4.74 Å². The average molecular weight is 687 g/mol. The second kappa shape index (κ2) is 31.4. The van der Waals surface area contributed by atoms with Crippen molar-refractivity contribution in [2.75, 3.05) is 40.4 Å². The molecule has 286 valence electrons. The fourth-order valence-electron chi connectivity index (χ4n) is 7.19. The number of para-hydroxylation sites is 2. The lowest BCUT2D eigenvalue weighted by molar-refractivity contribution is 0.00222. The van der Waals surface area contributed by atoms with Gasteiger partial charge in [-0.25, -0.2) is 0 Å². The van der Waals surface area contributed by atoms with Gasteiger partial charge in [0.15, 0.2) is 24.0 Å². The van der Waals surface area contributed by atoms with Crippen molar-refractivity contribution in [1.29, 1.82) is 0 Å². The Morgan fingerprint density at radius 2 is 0.735 bits per heavy atom. The summed E-state index contributed by atoms with van der Waals surface area (Å²) in [7, 11) is 4.42. The highest BCUT2D eigenvalue weighted by Crippen LogP contribution is 2.31. The molecule has 0 bridgehead atoms. The zero-order chi connectivity index (χ0) is 35.0. The molecule has 2 unspecified atom stereocenters. The molecule has 5 heteroatoms. The minimum absolute atomic E-state index is 0.0119. The molecule has 0 N–H and O–H groups in total. The van der Waals surface area contributed by atoms with Gasteiger partial charge in [-0.2, -0.15) is 0 Å². The van der Waals surface area contributed by atoms with Gasteiger partial charge in [0.05, 0.1) is 13.2 Å². The van der Waals surface area contributed by atoms with Crippen LogP contribution < -0.4 is 9.47 Å². The summed E-state index contributed by atoms with van der Waals surface area (Å²) < 4.78 is 19.5. The highest BCUT2D eigenvalue weighted by Gasteiger charge is 2.23. The van der Waals surface area contributed by atoms with E-state index < -0.39 is 0 Å². The van der Waals surface area contributed by atoms with Gasteiger partial charge >= 0.3 is 0 Å². The molecule has 49 heavy (non-hydrogen) atoms. The third-order valence-corrected chi connectivity index (χ3v) is 10.6. The normalized spacial score (nSPS) is 17.1. The second-order valence-corrected chi connectivity index (χ2v) is 15.2. The van der Waals surface area contributed by atoms with E-state index >= 15 is 0 Å². The molecule has 1 aromatic rings. The van der Waals surface area contributed by atoms with E-state index in [0.717, 1.165) is 37.4 Å². The third-order valence-electron chi connectivity index (χ3n) is 10.6. The molecule has 1 aliphatic rings. The standard InChI is InChI=1S/C44H82N2O3/c1-5-7-9-11-13-15-17-19-21-23-25-27-31-37-45(3)43-35-39-47-40-36-44(49-42-34-30-29-33-41(42)48-43)46(4)38-32-28-26-24-22-20-18-16-14-12-10-8-6-2/h29-30,33-34,43-44H,5-28,31-32,35-40H2,1-4H3. The topological polar surface area (TPSA) is 34.2 Å². The van der Waals surface area contributed by atoms with Crippen molar-refractivity contribution < 1.29 is 14.2 Å². The number of ether oxygens (including phenoxy) is 3. The van der Waals surface area contributed by atoms with E-state index in [2.05, 4.69) is 62.0 Å². The molecule has 0 spiro atoms. The lowest BCUT2D eigenvalue weighted by Gasteiger charge is -2.30. The number of fused-ring (bicyclic) bond motifs is 1. The molecule has 2 rings (SSSR count). The van der Waals surface area contributed by atoms with Crippen LogP contribution in [0.2, 0.25) is 0 Å². The largest absolute Gasteiger partial charge is 0.471 e. The molecule has 5 nitrogen and oxygen atoms in total. The molecule has 0 radical (unpaired) electrons. The number of nitrogens with zero attached hydrogens (tertiary/aromatic N) is 2. The Morgan fingerprint density at radius 1 is 0.449 bits per heavy atom. The summed E-state index contributed by atoms with van der Waals surface area (Å²) in [5, 5.41) is 0. The Labute approximate surface area is 305 Å². The molecule has 1 heterocycles. The van der Waals surface area contributed by atoms with Crippen LogP contribution in [0.4, 0.5) is 0 Å². The van der Waals surface area contributed by atoms with E-state index in [1.54, 1.807) is 0 Å². The van der Waals surface area contributed by atoms with Gasteiger partial charge in [-0.1, -0.05) is 180 Å². The first-order valence-electron chi connectivity index (χ1n) is 21.6. The van der Waals surface area contributed by atoms with Gasteiger partial charge in [-0.05, 0) is 39.1 Å². The van der Waals surface area contributed by atoms with Crippen LogP contribution in [0.3, 0.4) is 0 Å². The van der Waals surface area contributed by atoms with E-state index in [9.17, 15) is 0 Å². The number of benzene rings is 1. The van der Waals surface area contributed by atoms with Crippen molar-refractivity contribution in [2.24, 2.45) is 0 Å². The quantitative estimate of drug-likeness (QED) is 0.0753. The fraction of sp³-hybridized carbons (Fsp3) is 0.864. The highest BCUT2D eigenvalue weighted by molar-refractivity contribution is 5.39. The fourth-order valence-corrected chi connectivity index (χ4v) is 7.19. The van der Waals surface area contributed by atoms with E-state index in [1.165, 1.54) is 167 Å². The Kier molecular flexibility index (Phi) is 28.1. The summed E-state index contributed by atoms with van der Waals surface area (Å²) >= 11 is 0. The van der Waals surface area contributed by atoms with Crippen molar-refractivity contribution in [1.82, 2.24) is 9.80 Å². The van der Waals surface area contributed by atoms with E-state index in [0.29, 0.717) is 13.2 Å². The Balaban J connectivity index is 1.65. The van der Waals surface area contributed by atoms with Crippen LogP contribution in [0.15, 0.2) is 24.3 Å². The van der Waals surface area contributed by atoms with Crippen LogP contribution in [0.25, 0.3) is 0 Å². The van der Waals surface area contributed by atoms with Gasteiger partial charge in [0.25, 0.3) is 0 Å². The summed E-state index contributed by atoms with van der Waals surface area (Å²) in [6.45, 7) is 8.12. The van der Waals surface area contributed by atoms with Crippen molar-refractivity contribution >= 4 is 0 Å². The van der Waals surface area contributed by atoms with Gasteiger partial charge in [-0.15, -0.1) is 0 Å². The van der Waals surface area contributed by atoms with Crippen molar-refractivity contribution in [3.8, 4) is 11.5 Å². The summed E-state index contributed by atoms with van der Waals surface area (Å²) in [5.41, 5.74) is 0. The summed E-state index contributed by atoms with van der Waals surface area (Å²) in [6, 6.07) is 8.27.